The van der Waals surface area contributed by atoms with Crippen LogP contribution in [0.15, 0.2) is 60.7 Å². The van der Waals surface area contributed by atoms with E-state index in [0.29, 0.717) is 11.4 Å². The fourth-order valence-corrected chi connectivity index (χ4v) is 3.79. The maximum Gasteiger partial charge on any atom is 0.229 e. The van der Waals surface area contributed by atoms with Crippen LogP contribution in [0.1, 0.15) is 52.5 Å². The summed E-state index contributed by atoms with van der Waals surface area (Å²) < 4.78 is 0. The van der Waals surface area contributed by atoms with Gasteiger partial charge in [-0.3, -0.25) is 0 Å². The Morgan fingerprint density at radius 1 is 0.897 bits per heavy atom. The minimum Gasteiger partial charge on any atom is -0.365 e. The molecule has 3 aromatic rings. The highest BCUT2D eigenvalue weighted by molar-refractivity contribution is 5.66. The van der Waals surface area contributed by atoms with E-state index in [4.69, 9.17) is 9.97 Å². The minimum absolute atomic E-state index is 0.0839. The van der Waals surface area contributed by atoms with E-state index in [-0.39, 0.29) is 5.54 Å². The van der Waals surface area contributed by atoms with Gasteiger partial charge in [0.05, 0.1) is 5.69 Å². The average Bonchev–Trinajstić information content (AvgIpc) is 2.66. The van der Waals surface area contributed by atoms with Gasteiger partial charge in [-0.1, -0.05) is 55.8 Å². The second-order valence-electron chi connectivity index (χ2n) is 9.32. The Morgan fingerprint density at radius 2 is 1.59 bits per heavy atom. The Hall–Kier alpha value is -2.88. The summed E-state index contributed by atoms with van der Waals surface area (Å²) in [7, 11) is 0. The van der Waals surface area contributed by atoms with Gasteiger partial charge < -0.3 is 10.6 Å². The standard InChI is InChI=1S/C25H30N4/c1-24(2,3)29-22-17-21(18-9-6-5-7-10-18)27-23(28-22)26-20-13-11-19(12-14-20)25(4)15-8-16-25/h5-7,9-14,17H,8,15-16H2,1-4H3,(H2,26,27,28,29). The van der Waals surface area contributed by atoms with Gasteiger partial charge in [-0.15, -0.1) is 0 Å². The molecule has 1 saturated carbocycles. The van der Waals surface area contributed by atoms with Gasteiger partial charge in [-0.2, -0.15) is 4.98 Å². The highest BCUT2D eigenvalue weighted by atomic mass is 15.2. The normalized spacial score (nSPS) is 15.4. The lowest BCUT2D eigenvalue weighted by molar-refractivity contribution is 0.272. The number of benzene rings is 2. The van der Waals surface area contributed by atoms with Gasteiger partial charge in [-0.25, -0.2) is 4.98 Å². The Balaban J connectivity index is 1.62. The van der Waals surface area contributed by atoms with Crippen molar-refractivity contribution in [1.29, 1.82) is 0 Å². The summed E-state index contributed by atoms with van der Waals surface area (Å²) in [5.74, 6) is 1.41. The zero-order valence-corrected chi connectivity index (χ0v) is 17.8. The highest BCUT2D eigenvalue weighted by Crippen LogP contribution is 2.43. The van der Waals surface area contributed by atoms with Crippen molar-refractivity contribution in [2.45, 2.75) is 57.9 Å². The summed E-state index contributed by atoms with van der Waals surface area (Å²) in [6.45, 7) is 8.74. The molecule has 0 aliphatic heterocycles. The van der Waals surface area contributed by atoms with E-state index in [1.54, 1.807) is 0 Å². The highest BCUT2D eigenvalue weighted by Gasteiger charge is 2.33. The van der Waals surface area contributed by atoms with Gasteiger partial charge in [0.25, 0.3) is 0 Å². The molecular weight excluding hydrogens is 356 g/mol. The Labute approximate surface area is 173 Å². The third-order valence-corrected chi connectivity index (χ3v) is 5.59. The smallest absolute Gasteiger partial charge is 0.229 e. The molecule has 2 N–H and O–H groups in total. The van der Waals surface area contributed by atoms with Crippen LogP contribution >= 0.6 is 0 Å². The number of aromatic nitrogens is 2. The van der Waals surface area contributed by atoms with Gasteiger partial charge in [0.15, 0.2) is 0 Å². The third kappa shape index (κ3) is 4.58. The monoisotopic (exact) mass is 386 g/mol. The first kappa shape index (κ1) is 19.4. The van der Waals surface area contributed by atoms with Crippen molar-refractivity contribution in [2.24, 2.45) is 0 Å². The quantitative estimate of drug-likeness (QED) is 0.523. The van der Waals surface area contributed by atoms with Crippen molar-refractivity contribution >= 4 is 17.5 Å². The van der Waals surface area contributed by atoms with E-state index in [9.17, 15) is 0 Å². The summed E-state index contributed by atoms with van der Waals surface area (Å²) >= 11 is 0. The molecule has 29 heavy (non-hydrogen) atoms. The van der Waals surface area contributed by atoms with Crippen LogP contribution in [0.2, 0.25) is 0 Å². The number of rotatable bonds is 5. The lowest BCUT2D eigenvalue weighted by Crippen LogP contribution is -2.30. The summed E-state index contributed by atoms with van der Waals surface area (Å²) in [5, 5.41) is 6.86. The van der Waals surface area contributed by atoms with Crippen molar-refractivity contribution in [3.8, 4) is 11.3 Å². The second-order valence-corrected chi connectivity index (χ2v) is 9.32. The Kier molecular flexibility index (Phi) is 5.03. The average molecular weight is 387 g/mol. The number of anilines is 3. The van der Waals surface area contributed by atoms with Crippen molar-refractivity contribution in [2.75, 3.05) is 10.6 Å². The van der Waals surface area contributed by atoms with Gasteiger partial charge in [-0.05, 0) is 56.7 Å². The topological polar surface area (TPSA) is 49.8 Å². The van der Waals surface area contributed by atoms with Gasteiger partial charge in [0.2, 0.25) is 5.95 Å². The molecule has 4 rings (SSSR count). The Bertz CT molecular complexity index is 968. The first-order valence-corrected chi connectivity index (χ1v) is 10.4. The molecule has 0 amide bonds. The zero-order chi connectivity index (χ0) is 20.5. The molecule has 0 bridgehead atoms. The van der Waals surface area contributed by atoms with Crippen LogP contribution in [0.5, 0.6) is 0 Å². The van der Waals surface area contributed by atoms with Crippen LogP contribution in [0.25, 0.3) is 11.3 Å². The van der Waals surface area contributed by atoms with Crippen molar-refractivity contribution in [1.82, 2.24) is 9.97 Å². The first-order valence-electron chi connectivity index (χ1n) is 10.4. The van der Waals surface area contributed by atoms with E-state index < -0.39 is 0 Å². The minimum atomic E-state index is -0.0839. The van der Waals surface area contributed by atoms with Gasteiger partial charge >= 0.3 is 0 Å². The van der Waals surface area contributed by atoms with E-state index >= 15 is 0 Å². The molecule has 1 aliphatic carbocycles. The van der Waals surface area contributed by atoms with E-state index in [1.165, 1.54) is 24.8 Å². The van der Waals surface area contributed by atoms with Crippen molar-refractivity contribution < 1.29 is 0 Å². The lowest BCUT2D eigenvalue weighted by Gasteiger charge is -2.39. The largest absolute Gasteiger partial charge is 0.365 e. The van der Waals surface area contributed by atoms with E-state index in [0.717, 1.165) is 22.8 Å². The van der Waals surface area contributed by atoms with Crippen LogP contribution in [-0.2, 0) is 5.41 Å². The maximum atomic E-state index is 4.77. The number of hydrogen-bond acceptors (Lipinski definition) is 4. The van der Waals surface area contributed by atoms with E-state index in [1.807, 2.05) is 24.3 Å². The summed E-state index contributed by atoms with van der Waals surface area (Å²) in [4.78, 5) is 9.47. The predicted octanol–water partition coefficient (Wildman–Crippen LogP) is 6.54. The molecule has 0 radical (unpaired) electrons. The van der Waals surface area contributed by atoms with Crippen LogP contribution in [-0.4, -0.2) is 15.5 Å². The van der Waals surface area contributed by atoms with Crippen LogP contribution in [0, 0.1) is 0 Å². The summed E-state index contributed by atoms with van der Waals surface area (Å²) in [6.07, 6.45) is 3.90. The maximum absolute atomic E-state index is 4.77. The molecule has 1 aromatic heterocycles. The molecule has 0 saturated heterocycles. The third-order valence-electron chi connectivity index (χ3n) is 5.59. The first-order chi connectivity index (χ1) is 13.8. The second kappa shape index (κ2) is 7.51. The molecule has 1 fully saturated rings. The van der Waals surface area contributed by atoms with Gasteiger partial charge in [0, 0.05) is 22.9 Å². The molecule has 1 heterocycles. The lowest BCUT2D eigenvalue weighted by atomic mass is 9.66. The van der Waals surface area contributed by atoms with Crippen LogP contribution in [0.4, 0.5) is 17.5 Å². The molecule has 0 atom stereocenters. The molecule has 4 nitrogen and oxygen atoms in total. The molecule has 4 heteroatoms. The molecule has 0 unspecified atom stereocenters. The zero-order valence-electron chi connectivity index (χ0n) is 17.8. The summed E-state index contributed by atoms with van der Waals surface area (Å²) in [5.41, 5.74) is 4.66. The number of nitrogens with one attached hydrogen (secondary N) is 2. The fourth-order valence-electron chi connectivity index (χ4n) is 3.79. The number of nitrogens with zero attached hydrogens (tertiary/aromatic N) is 2. The molecular formula is C25H30N4. The summed E-state index contributed by atoms with van der Waals surface area (Å²) in [6, 6.07) is 21.0. The van der Waals surface area contributed by atoms with E-state index in [2.05, 4.69) is 74.7 Å². The molecule has 0 spiro atoms. The molecule has 150 valence electrons. The number of hydrogen-bond donors (Lipinski definition) is 2. The Morgan fingerprint density at radius 3 is 2.17 bits per heavy atom. The van der Waals surface area contributed by atoms with Crippen molar-refractivity contribution in [3.63, 3.8) is 0 Å². The molecule has 1 aliphatic rings. The van der Waals surface area contributed by atoms with Gasteiger partial charge in [0.1, 0.15) is 5.82 Å². The van der Waals surface area contributed by atoms with Crippen molar-refractivity contribution in [3.05, 3.63) is 66.2 Å². The molecule has 2 aromatic carbocycles. The SMILES string of the molecule is CC(C)(C)Nc1cc(-c2ccccc2)nc(Nc2ccc(C3(C)CCC3)cc2)n1. The van der Waals surface area contributed by atoms with Crippen LogP contribution < -0.4 is 10.6 Å². The predicted molar refractivity (Wildman–Crippen MR) is 122 cm³/mol. The van der Waals surface area contributed by atoms with Crippen LogP contribution in [0.3, 0.4) is 0 Å². The fraction of sp³-hybridized carbons (Fsp3) is 0.360.